The molecule has 0 radical (unpaired) electrons. The third-order valence-corrected chi connectivity index (χ3v) is 2.04. The first kappa shape index (κ1) is 8.55. The molecule has 3 N–H and O–H groups in total. The van der Waals surface area contributed by atoms with E-state index in [-0.39, 0.29) is 11.6 Å². The van der Waals surface area contributed by atoms with Crippen LogP contribution in [0.25, 0.3) is 0 Å². The van der Waals surface area contributed by atoms with Crippen molar-refractivity contribution in [1.29, 1.82) is 0 Å². The molecule has 2 rings (SSSR count). The zero-order valence-electron chi connectivity index (χ0n) is 7.20. The number of rotatable bonds is 1. The smallest absolute Gasteiger partial charge is 0.335 e. The maximum atomic E-state index is 10.9. The molecule has 0 unspecified atom stereocenters. The van der Waals surface area contributed by atoms with E-state index in [1.54, 1.807) is 12.1 Å². The fourth-order valence-electron chi connectivity index (χ4n) is 1.34. The van der Waals surface area contributed by atoms with Crippen LogP contribution in [-0.2, 0) is 6.54 Å². The van der Waals surface area contributed by atoms with Gasteiger partial charge in [0.05, 0.1) is 5.56 Å². The van der Waals surface area contributed by atoms with E-state index in [2.05, 4.69) is 10.6 Å². The molecule has 1 aliphatic heterocycles. The van der Waals surface area contributed by atoms with E-state index in [0.29, 0.717) is 12.2 Å². The summed E-state index contributed by atoms with van der Waals surface area (Å²) >= 11 is 0. The number of amides is 2. The summed E-state index contributed by atoms with van der Waals surface area (Å²) < 4.78 is 0. The van der Waals surface area contributed by atoms with E-state index < -0.39 is 5.97 Å². The molecule has 0 fully saturated rings. The summed E-state index contributed by atoms with van der Waals surface area (Å²) in [6.45, 7) is 0.363. The lowest BCUT2D eigenvalue weighted by Crippen LogP contribution is -2.33. The fraction of sp³-hybridized carbons (Fsp3) is 0.111. The molecule has 5 heteroatoms. The molecule has 1 heterocycles. The van der Waals surface area contributed by atoms with Gasteiger partial charge in [-0.3, -0.25) is 0 Å². The monoisotopic (exact) mass is 192 g/mol. The van der Waals surface area contributed by atoms with Crippen LogP contribution in [0.3, 0.4) is 0 Å². The Kier molecular flexibility index (Phi) is 1.85. The first-order valence-electron chi connectivity index (χ1n) is 4.08. The number of carbonyl (C=O) groups is 2. The van der Waals surface area contributed by atoms with Crippen LogP contribution < -0.4 is 10.6 Å². The largest absolute Gasteiger partial charge is 0.478 e. The fourth-order valence-corrected chi connectivity index (χ4v) is 1.34. The van der Waals surface area contributed by atoms with Crippen LogP contribution in [0.5, 0.6) is 0 Å². The summed E-state index contributed by atoms with van der Waals surface area (Å²) in [4.78, 5) is 21.5. The van der Waals surface area contributed by atoms with E-state index in [1.807, 2.05) is 0 Å². The third kappa shape index (κ3) is 1.39. The number of hydrogen-bond donors (Lipinski definition) is 3. The number of urea groups is 1. The van der Waals surface area contributed by atoms with Gasteiger partial charge in [0.15, 0.2) is 0 Å². The molecule has 1 aromatic rings. The second-order valence-corrected chi connectivity index (χ2v) is 2.98. The van der Waals surface area contributed by atoms with Crippen LogP contribution in [0.15, 0.2) is 18.2 Å². The van der Waals surface area contributed by atoms with Crippen LogP contribution in [0.2, 0.25) is 0 Å². The highest BCUT2D eigenvalue weighted by molar-refractivity contribution is 5.94. The molecule has 0 saturated heterocycles. The van der Waals surface area contributed by atoms with Crippen molar-refractivity contribution in [3.63, 3.8) is 0 Å². The Balaban J connectivity index is 2.41. The maximum absolute atomic E-state index is 10.9. The molecule has 14 heavy (non-hydrogen) atoms. The lowest BCUT2D eigenvalue weighted by Gasteiger charge is -2.18. The molecule has 5 nitrogen and oxygen atoms in total. The van der Waals surface area contributed by atoms with E-state index in [1.165, 1.54) is 6.07 Å². The van der Waals surface area contributed by atoms with E-state index in [0.717, 1.165) is 5.56 Å². The quantitative estimate of drug-likeness (QED) is 0.621. The van der Waals surface area contributed by atoms with E-state index in [9.17, 15) is 9.59 Å². The van der Waals surface area contributed by atoms with Crippen LogP contribution in [0.4, 0.5) is 10.5 Å². The second kappa shape index (κ2) is 3.02. The lowest BCUT2D eigenvalue weighted by molar-refractivity contribution is 0.0697. The number of carboxylic acid groups (broad SMARTS) is 1. The predicted molar refractivity (Wildman–Crippen MR) is 49.3 cm³/mol. The minimum Gasteiger partial charge on any atom is -0.478 e. The molecule has 0 aromatic heterocycles. The molecule has 1 aromatic carbocycles. The Bertz CT molecular complexity index is 415. The zero-order chi connectivity index (χ0) is 10.1. The summed E-state index contributed by atoms with van der Waals surface area (Å²) in [6.07, 6.45) is 0. The van der Waals surface area contributed by atoms with Crippen molar-refractivity contribution in [2.24, 2.45) is 0 Å². The van der Waals surface area contributed by atoms with Crippen molar-refractivity contribution in [2.45, 2.75) is 6.54 Å². The highest BCUT2D eigenvalue weighted by Crippen LogP contribution is 2.20. The van der Waals surface area contributed by atoms with Gasteiger partial charge in [-0.05, 0) is 23.8 Å². The van der Waals surface area contributed by atoms with Gasteiger partial charge in [-0.2, -0.15) is 0 Å². The topological polar surface area (TPSA) is 78.4 Å². The standard InChI is InChI=1S/C9H8N2O3/c12-8(13)5-1-2-7-6(3-5)4-10-9(14)11-7/h1-3H,4H2,(H,12,13)(H2,10,11,14). The van der Waals surface area contributed by atoms with Crippen molar-refractivity contribution in [1.82, 2.24) is 5.32 Å². The lowest BCUT2D eigenvalue weighted by atomic mass is 10.1. The normalized spacial score (nSPS) is 13.9. The van der Waals surface area contributed by atoms with E-state index in [4.69, 9.17) is 5.11 Å². The molecule has 0 aliphatic carbocycles. The molecule has 2 amide bonds. The van der Waals surface area contributed by atoms with Crippen LogP contribution in [0, 0.1) is 0 Å². The zero-order valence-corrected chi connectivity index (χ0v) is 7.20. The SMILES string of the molecule is O=C1NCc2cc(C(=O)O)ccc2N1. The van der Waals surface area contributed by atoms with Crippen LogP contribution in [-0.4, -0.2) is 17.1 Å². The highest BCUT2D eigenvalue weighted by atomic mass is 16.4. The Hall–Kier alpha value is -2.04. The van der Waals surface area contributed by atoms with Crippen molar-refractivity contribution >= 4 is 17.7 Å². The summed E-state index contributed by atoms with van der Waals surface area (Å²) in [5.41, 5.74) is 1.67. The van der Waals surface area contributed by atoms with Gasteiger partial charge < -0.3 is 15.7 Å². The Morgan fingerprint density at radius 2 is 2.21 bits per heavy atom. The van der Waals surface area contributed by atoms with Crippen molar-refractivity contribution in [3.8, 4) is 0 Å². The molecule has 0 spiro atoms. The first-order valence-corrected chi connectivity index (χ1v) is 4.08. The molecule has 0 saturated carbocycles. The predicted octanol–water partition coefficient (Wildman–Crippen LogP) is 1.02. The Labute approximate surface area is 79.7 Å². The van der Waals surface area contributed by atoms with Crippen molar-refractivity contribution < 1.29 is 14.7 Å². The van der Waals surface area contributed by atoms with Gasteiger partial charge in [0.2, 0.25) is 0 Å². The summed E-state index contributed by atoms with van der Waals surface area (Å²) in [7, 11) is 0. The Morgan fingerprint density at radius 1 is 1.43 bits per heavy atom. The van der Waals surface area contributed by atoms with Crippen molar-refractivity contribution in [3.05, 3.63) is 29.3 Å². The van der Waals surface area contributed by atoms with Gasteiger partial charge in [0.1, 0.15) is 0 Å². The van der Waals surface area contributed by atoms with Gasteiger partial charge >= 0.3 is 12.0 Å². The number of carboxylic acids is 1. The summed E-state index contributed by atoms with van der Waals surface area (Å²) in [6, 6.07) is 4.34. The van der Waals surface area contributed by atoms with Gasteiger partial charge in [-0.25, -0.2) is 9.59 Å². The first-order chi connectivity index (χ1) is 6.66. The number of anilines is 1. The number of carbonyl (C=O) groups excluding carboxylic acids is 1. The number of aromatic carboxylic acids is 1. The number of fused-ring (bicyclic) bond motifs is 1. The molecular formula is C9H8N2O3. The summed E-state index contributed by atoms with van der Waals surface area (Å²) in [5, 5.41) is 13.9. The third-order valence-electron chi connectivity index (χ3n) is 2.04. The molecule has 72 valence electrons. The average molecular weight is 192 g/mol. The van der Waals surface area contributed by atoms with E-state index >= 15 is 0 Å². The molecular weight excluding hydrogens is 184 g/mol. The van der Waals surface area contributed by atoms with Gasteiger partial charge in [0, 0.05) is 12.2 Å². The Morgan fingerprint density at radius 3 is 2.93 bits per heavy atom. The molecule has 0 bridgehead atoms. The minimum absolute atomic E-state index is 0.224. The van der Waals surface area contributed by atoms with Crippen LogP contribution >= 0.6 is 0 Å². The highest BCUT2D eigenvalue weighted by Gasteiger charge is 2.15. The maximum Gasteiger partial charge on any atom is 0.335 e. The van der Waals surface area contributed by atoms with Gasteiger partial charge in [0.25, 0.3) is 0 Å². The number of benzene rings is 1. The molecule has 1 aliphatic rings. The van der Waals surface area contributed by atoms with Gasteiger partial charge in [-0.1, -0.05) is 0 Å². The van der Waals surface area contributed by atoms with Gasteiger partial charge in [-0.15, -0.1) is 0 Å². The van der Waals surface area contributed by atoms with Crippen LogP contribution in [0.1, 0.15) is 15.9 Å². The van der Waals surface area contributed by atoms with Crippen molar-refractivity contribution in [2.75, 3.05) is 5.32 Å². The minimum atomic E-state index is -0.968. The second-order valence-electron chi connectivity index (χ2n) is 2.98. The summed E-state index contributed by atoms with van der Waals surface area (Å²) in [5.74, 6) is -0.968. The number of hydrogen-bond acceptors (Lipinski definition) is 2. The average Bonchev–Trinajstić information content (AvgIpc) is 2.16. The molecule has 0 atom stereocenters. The number of nitrogens with one attached hydrogen (secondary N) is 2.